The number of likely N-dealkylation sites (tertiary alicyclic amines) is 1. The number of aromatic nitrogens is 3. The summed E-state index contributed by atoms with van der Waals surface area (Å²) >= 11 is 0. The van der Waals surface area contributed by atoms with Crippen LogP contribution in [0.1, 0.15) is 35.7 Å². The standard InChI is InChI=1S/C21H22F2N4O/c1-3-14-4-5-18-16(10-14)17(11-19(25-18)15-12-24-26(2)13-15)20(28)27-8-6-21(22,23)7-9-27/h4-5,10-13H,3,6-9H2,1-2H3. The lowest BCUT2D eigenvalue weighted by Gasteiger charge is -2.32. The second-order valence-corrected chi connectivity index (χ2v) is 7.31. The van der Waals surface area contributed by atoms with Gasteiger partial charge in [0.15, 0.2) is 0 Å². The number of rotatable bonds is 3. The van der Waals surface area contributed by atoms with E-state index < -0.39 is 5.92 Å². The molecule has 0 atom stereocenters. The van der Waals surface area contributed by atoms with Gasteiger partial charge in [-0.15, -0.1) is 0 Å². The van der Waals surface area contributed by atoms with Gasteiger partial charge >= 0.3 is 0 Å². The van der Waals surface area contributed by atoms with Crippen molar-refractivity contribution in [2.24, 2.45) is 7.05 Å². The maximum atomic E-state index is 13.5. The van der Waals surface area contributed by atoms with Crippen LogP contribution in [0, 0.1) is 0 Å². The molecule has 0 unspecified atom stereocenters. The molecule has 1 aromatic carbocycles. The van der Waals surface area contributed by atoms with Gasteiger partial charge in [-0.1, -0.05) is 13.0 Å². The minimum absolute atomic E-state index is 0.0609. The minimum Gasteiger partial charge on any atom is -0.338 e. The number of halogens is 2. The van der Waals surface area contributed by atoms with Gasteiger partial charge < -0.3 is 4.90 Å². The first-order valence-electron chi connectivity index (χ1n) is 9.46. The molecule has 2 aromatic heterocycles. The fourth-order valence-electron chi connectivity index (χ4n) is 3.58. The summed E-state index contributed by atoms with van der Waals surface area (Å²) in [5, 5.41) is 4.94. The molecule has 7 heteroatoms. The highest BCUT2D eigenvalue weighted by molar-refractivity contribution is 6.07. The summed E-state index contributed by atoms with van der Waals surface area (Å²) < 4.78 is 28.7. The molecule has 3 heterocycles. The van der Waals surface area contributed by atoms with E-state index >= 15 is 0 Å². The number of benzene rings is 1. The van der Waals surface area contributed by atoms with Crippen molar-refractivity contribution >= 4 is 16.8 Å². The lowest BCUT2D eigenvalue weighted by atomic mass is 10.00. The van der Waals surface area contributed by atoms with Gasteiger partial charge in [-0.2, -0.15) is 5.10 Å². The van der Waals surface area contributed by atoms with Gasteiger partial charge in [-0.25, -0.2) is 13.8 Å². The van der Waals surface area contributed by atoms with Crippen LogP contribution in [0.15, 0.2) is 36.7 Å². The van der Waals surface area contributed by atoms with Crippen LogP contribution in [-0.4, -0.2) is 44.6 Å². The van der Waals surface area contributed by atoms with E-state index in [-0.39, 0.29) is 31.8 Å². The fourth-order valence-corrected chi connectivity index (χ4v) is 3.58. The highest BCUT2D eigenvalue weighted by atomic mass is 19.3. The largest absolute Gasteiger partial charge is 0.338 e. The number of nitrogens with zero attached hydrogens (tertiary/aromatic N) is 4. The lowest BCUT2D eigenvalue weighted by Crippen LogP contribution is -2.42. The van der Waals surface area contributed by atoms with Gasteiger partial charge in [0.1, 0.15) is 0 Å². The Hall–Kier alpha value is -2.83. The van der Waals surface area contributed by atoms with E-state index in [2.05, 4.69) is 5.10 Å². The number of carbonyl (C=O) groups excluding carboxylic acids is 1. The molecule has 1 aliphatic heterocycles. The summed E-state index contributed by atoms with van der Waals surface area (Å²) in [4.78, 5) is 19.5. The average molecular weight is 384 g/mol. The van der Waals surface area contributed by atoms with Crippen LogP contribution in [-0.2, 0) is 13.5 Å². The number of pyridine rings is 1. The summed E-state index contributed by atoms with van der Waals surface area (Å²) in [7, 11) is 1.82. The number of hydrogen-bond acceptors (Lipinski definition) is 3. The van der Waals surface area contributed by atoms with E-state index in [0.29, 0.717) is 16.8 Å². The third-order valence-corrected chi connectivity index (χ3v) is 5.29. The molecule has 0 N–H and O–H groups in total. The maximum absolute atomic E-state index is 13.5. The Labute approximate surface area is 162 Å². The third-order valence-electron chi connectivity index (χ3n) is 5.29. The van der Waals surface area contributed by atoms with Crippen LogP contribution in [0.5, 0.6) is 0 Å². The molecule has 0 radical (unpaired) electrons. The smallest absolute Gasteiger partial charge is 0.254 e. The number of hydrogen-bond donors (Lipinski definition) is 0. The van der Waals surface area contributed by atoms with Gasteiger partial charge in [-0.05, 0) is 30.2 Å². The number of carbonyl (C=O) groups is 1. The fraction of sp³-hybridized carbons (Fsp3) is 0.381. The van der Waals surface area contributed by atoms with Crippen molar-refractivity contribution in [3.05, 3.63) is 47.8 Å². The summed E-state index contributed by atoms with van der Waals surface area (Å²) in [5.41, 5.74) is 3.77. The zero-order chi connectivity index (χ0) is 19.9. The van der Waals surface area contributed by atoms with Crippen molar-refractivity contribution in [1.82, 2.24) is 19.7 Å². The van der Waals surface area contributed by atoms with Crippen LogP contribution < -0.4 is 0 Å². The summed E-state index contributed by atoms with van der Waals surface area (Å²) in [6.45, 7) is 2.17. The minimum atomic E-state index is -2.69. The number of piperidine rings is 1. The first kappa shape index (κ1) is 18.5. The Morgan fingerprint density at radius 3 is 2.61 bits per heavy atom. The summed E-state index contributed by atoms with van der Waals surface area (Å²) in [6.07, 6.45) is 3.79. The monoisotopic (exact) mass is 384 g/mol. The molecule has 4 rings (SSSR count). The zero-order valence-corrected chi connectivity index (χ0v) is 16.0. The molecule has 1 fully saturated rings. The van der Waals surface area contributed by atoms with Crippen molar-refractivity contribution in [2.45, 2.75) is 32.1 Å². The molecule has 28 heavy (non-hydrogen) atoms. The van der Waals surface area contributed by atoms with Gasteiger partial charge in [-0.3, -0.25) is 9.48 Å². The van der Waals surface area contributed by atoms with Crippen molar-refractivity contribution in [1.29, 1.82) is 0 Å². The van der Waals surface area contributed by atoms with Crippen molar-refractivity contribution < 1.29 is 13.6 Å². The molecule has 0 aliphatic carbocycles. The van der Waals surface area contributed by atoms with E-state index in [1.807, 2.05) is 38.4 Å². The maximum Gasteiger partial charge on any atom is 0.254 e. The normalized spacial score (nSPS) is 16.5. The van der Waals surface area contributed by atoms with Gasteiger partial charge in [0.05, 0.1) is 23.0 Å². The molecule has 146 valence electrons. The second kappa shape index (κ2) is 6.96. The Morgan fingerprint density at radius 1 is 1.21 bits per heavy atom. The molecule has 5 nitrogen and oxygen atoms in total. The third kappa shape index (κ3) is 3.48. The van der Waals surface area contributed by atoms with Crippen LogP contribution in [0.25, 0.3) is 22.2 Å². The summed E-state index contributed by atoms with van der Waals surface area (Å²) in [6, 6.07) is 7.64. The molecular formula is C21H22F2N4O. The molecule has 0 spiro atoms. The SMILES string of the molecule is CCc1ccc2nc(-c3cnn(C)c3)cc(C(=O)N3CCC(F)(F)CC3)c2c1. The van der Waals surface area contributed by atoms with E-state index in [1.165, 1.54) is 4.90 Å². The second-order valence-electron chi connectivity index (χ2n) is 7.31. The highest BCUT2D eigenvalue weighted by Crippen LogP contribution is 2.31. The van der Waals surface area contributed by atoms with E-state index in [0.717, 1.165) is 22.9 Å². The van der Waals surface area contributed by atoms with E-state index in [4.69, 9.17) is 4.98 Å². The average Bonchev–Trinajstić information content (AvgIpc) is 3.12. The molecule has 1 amide bonds. The first-order valence-corrected chi connectivity index (χ1v) is 9.46. The van der Waals surface area contributed by atoms with Crippen molar-refractivity contribution in [3.8, 4) is 11.3 Å². The molecule has 1 saturated heterocycles. The Bertz CT molecular complexity index is 1030. The number of aryl methyl sites for hydroxylation is 2. The quantitative estimate of drug-likeness (QED) is 0.684. The Kier molecular flexibility index (Phi) is 4.61. The topological polar surface area (TPSA) is 51.0 Å². The predicted octanol–water partition coefficient (Wildman–Crippen LogP) is 4.07. The number of fused-ring (bicyclic) bond motifs is 1. The van der Waals surface area contributed by atoms with Crippen LogP contribution in [0.3, 0.4) is 0 Å². The lowest BCUT2D eigenvalue weighted by molar-refractivity contribution is -0.0493. The predicted molar refractivity (Wildman–Crippen MR) is 103 cm³/mol. The van der Waals surface area contributed by atoms with E-state index in [9.17, 15) is 13.6 Å². The Balaban J connectivity index is 1.81. The van der Waals surface area contributed by atoms with Crippen molar-refractivity contribution in [3.63, 3.8) is 0 Å². The van der Waals surface area contributed by atoms with Gasteiger partial charge in [0, 0.05) is 50.1 Å². The molecule has 0 bridgehead atoms. The van der Waals surface area contributed by atoms with E-state index in [1.54, 1.807) is 16.9 Å². The molecule has 1 aliphatic rings. The molecular weight excluding hydrogens is 362 g/mol. The van der Waals surface area contributed by atoms with Crippen LogP contribution in [0.4, 0.5) is 8.78 Å². The van der Waals surface area contributed by atoms with Crippen LogP contribution >= 0.6 is 0 Å². The first-order chi connectivity index (χ1) is 13.4. The van der Waals surface area contributed by atoms with Gasteiger partial charge in [0.25, 0.3) is 11.8 Å². The summed E-state index contributed by atoms with van der Waals surface area (Å²) in [5.74, 6) is -2.91. The number of amides is 1. The number of alkyl halides is 2. The van der Waals surface area contributed by atoms with Gasteiger partial charge in [0.2, 0.25) is 0 Å². The van der Waals surface area contributed by atoms with Crippen LogP contribution in [0.2, 0.25) is 0 Å². The highest BCUT2D eigenvalue weighted by Gasteiger charge is 2.36. The van der Waals surface area contributed by atoms with Crippen molar-refractivity contribution in [2.75, 3.05) is 13.1 Å². The Morgan fingerprint density at radius 2 is 1.96 bits per heavy atom. The zero-order valence-electron chi connectivity index (χ0n) is 16.0. The molecule has 0 saturated carbocycles. The molecule has 3 aromatic rings.